The molecule has 1 aromatic rings. The van der Waals surface area contributed by atoms with Crippen molar-refractivity contribution in [3.05, 3.63) is 23.0 Å². The average Bonchev–Trinajstić information content (AvgIpc) is 2.34. The number of hydrogen-bond acceptors (Lipinski definition) is 4. The molecule has 0 atom stereocenters. The van der Waals surface area contributed by atoms with Gasteiger partial charge in [-0.15, -0.1) is 0 Å². The fourth-order valence-electron chi connectivity index (χ4n) is 2.17. The van der Waals surface area contributed by atoms with Crippen LogP contribution < -0.4 is 5.73 Å². The highest BCUT2D eigenvalue weighted by Gasteiger charge is 2.29. The molecule has 0 aromatic carbocycles. The number of pyridine rings is 1. The zero-order chi connectivity index (χ0) is 13.8. The molecule has 1 heterocycles. The fraction of sp³-hybridized carbons (Fsp3) is 0.538. The van der Waals surface area contributed by atoms with E-state index >= 15 is 0 Å². The van der Waals surface area contributed by atoms with E-state index in [9.17, 15) is 4.79 Å². The van der Waals surface area contributed by atoms with Crippen LogP contribution >= 0.6 is 11.6 Å². The number of hydrogen-bond donors (Lipinski definition) is 2. The van der Waals surface area contributed by atoms with Crippen LogP contribution in [-0.4, -0.2) is 40.1 Å². The van der Waals surface area contributed by atoms with Crippen LogP contribution in [0, 0.1) is 0 Å². The van der Waals surface area contributed by atoms with Crippen molar-refractivity contribution in [3.63, 3.8) is 0 Å². The van der Waals surface area contributed by atoms with E-state index in [0.717, 1.165) is 19.3 Å². The van der Waals surface area contributed by atoms with Crippen LogP contribution in [0.25, 0.3) is 0 Å². The molecule has 1 fully saturated rings. The lowest BCUT2D eigenvalue weighted by Gasteiger charge is -2.37. The van der Waals surface area contributed by atoms with Gasteiger partial charge in [-0.2, -0.15) is 0 Å². The molecular weight excluding hydrogens is 266 g/mol. The molecule has 6 heteroatoms. The van der Waals surface area contributed by atoms with Gasteiger partial charge in [0.25, 0.3) is 5.91 Å². The molecule has 0 bridgehead atoms. The Balaban J connectivity index is 2.19. The summed E-state index contributed by atoms with van der Waals surface area (Å²) in [6.45, 7) is 0.614. The second kappa shape index (κ2) is 6.21. The molecule has 3 N–H and O–H groups in total. The van der Waals surface area contributed by atoms with Crippen LogP contribution in [0.4, 0.5) is 5.69 Å². The number of aliphatic hydroxyl groups is 1. The first-order valence-corrected chi connectivity index (χ1v) is 6.84. The van der Waals surface area contributed by atoms with Gasteiger partial charge < -0.3 is 15.7 Å². The van der Waals surface area contributed by atoms with E-state index in [-0.39, 0.29) is 23.7 Å². The second-order valence-corrected chi connectivity index (χ2v) is 5.14. The van der Waals surface area contributed by atoms with Crippen LogP contribution in [0.2, 0.25) is 5.15 Å². The third kappa shape index (κ3) is 3.16. The molecule has 0 radical (unpaired) electrons. The van der Waals surface area contributed by atoms with Gasteiger partial charge in [0.15, 0.2) is 0 Å². The third-order valence-corrected chi connectivity index (χ3v) is 3.67. The van der Waals surface area contributed by atoms with E-state index < -0.39 is 0 Å². The summed E-state index contributed by atoms with van der Waals surface area (Å²) in [4.78, 5) is 18.2. The molecule has 1 aliphatic rings. The van der Waals surface area contributed by atoms with Crippen LogP contribution in [0.15, 0.2) is 12.3 Å². The van der Waals surface area contributed by atoms with Gasteiger partial charge in [0.2, 0.25) is 0 Å². The minimum Gasteiger partial charge on any atom is -0.397 e. The minimum absolute atomic E-state index is 0.0725. The number of carbonyl (C=O) groups is 1. The molecule has 2 rings (SSSR count). The van der Waals surface area contributed by atoms with Gasteiger partial charge in [0.1, 0.15) is 5.15 Å². The molecule has 0 unspecified atom stereocenters. The first kappa shape index (κ1) is 14.1. The maximum absolute atomic E-state index is 12.5. The normalized spacial score (nSPS) is 15.1. The Labute approximate surface area is 117 Å². The quantitative estimate of drug-likeness (QED) is 0.806. The maximum Gasteiger partial charge on any atom is 0.256 e. The first-order chi connectivity index (χ1) is 9.13. The molecule has 104 valence electrons. The van der Waals surface area contributed by atoms with Gasteiger partial charge in [0, 0.05) is 19.2 Å². The molecule has 1 amide bonds. The number of halogens is 1. The van der Waals surface area contributed by atoms with Crippen molar-refractivity contribution in [2.75, 3.05) is 18.9 Å². The molecular formula is C13H18ClN3O2. The molecule has 1 saturated carbocycles. The van der Waals surface area contributed by atoms with Crippen molar-refractivity contribution in [2.24, 2.45) is 0 Å². The van der Waals surface area contributed by atoms with Crippen LogP contribution in [0.3, 0.4) is 0 Å². The number of nitrogens with two attached hydrogens (primary N) is 1. The summed E-state index contributed by atoms with van der Waals surface area (Å²) >= 11 is 5.82. The predicted octanol–water partition coefficient (Wildman–Crippen LogP) is 1.69. The van der Waals surface area contributed by atoms with Crippen molar-refractivity contribution < 1.29 is 9.90 Å². The van der Waals surface area contributed by atoms with Crippen LogP contribution in [0.5, 0.6) is 0 Å². The lowest BCUT2D eigenvalue weighted by molar-refractivity contribution is 0.0563. The summed E-state index contributed by atoms with van der Waals surface area (Å²) in [6.07, 6.45) is 5.13. The SMILES string of the molecule is Nc1cnc(Cl)cc1C(=O)N(CCCO)C1CCC1. The van der Waals surface area contributed by atoms with E-state index in [2.05, 4.69) is 4.98 Å². The van der Waals surface area contributed by atoms with Gasteiger partial charge in [-0.05, 0) is 31.7 Å². The number of nitrogen functional groups attached to an aromatic ring is 1. The zero-order valence-electron chi connectivity index (χ0n) is 10.7. The Hall–Kier alpha value is -1.33. The Morgan fingerprint density at radius 2 is 2.32 bits per heavy atom. The standard InChI is InChI=1S/C13H18ClN3O2/c14-12-7-10(11(15)8-16-12)13(19)17(5-2-6-18)9-3-1-4-9/h7-9,18H,1-6,15H2. The summed E-state index contributed by atoms with van der Waals surface area (Å²) in [6, 6.07) is 1.76. The van der Waals surface area contributed by atoms with Gasteiger partial charge in [-0.1, -0.05) is 11.6 Å². The molecule has 0 spiro atoms. The topological polar surface area (TPSA) is 79.5 Å². The molecule has 19 heavy (non-hydrogen) atoms. The van der Waals surface area contributed by atoms with Crippen molar-refractivity contribution >= 4 is 23.2 Å². The summed E-state index contributed by atoms with van der Waals surface area (Å²) in [7, 11) is 0. The summed E-state index contributed by atoms with van der Waals surface area (Å²) < 4.78 is 0. The Kier molecular flexibility index (Phi) is 4.61. The fourth-order valence-corrected chi connectivity index (χ4v) is 2.33. The lowest BCUT2D eigenvalue weighted by Crippen LogP contribution is -2.45. The molecule has 5 nitrogen and oxygen atoms in total. The lowest BCUT2D eigenvalue weighted by atomic mass is 9.90. The van der Waals surface area contributed by atoms with E-state index in [1.165, 1.54) is 12.3 Å². The Bertz CT molecular complexity index is 463. The smallest absolute Gasteiger partial charge is 0.256 e. The van der Waals surface area contributed by atoms with Gasteiger partial charge >= 0.3 is 0 Å². The second-order valence-electron chi connectivity index (χ2n) is 4.75. The largest absolute Gasteiger partial charge is 0.397 e. The molecule has 1 aromatic heterocycles. The monoisotopic (exact) mass is 283 g/mol. The third-order valence-electron chi connectivity index (χ3n) is 3.47. The van der Waals surface area contributed by atoms with E-state index in [4.69, 9.17) is 22.4 Å². The number of anilines is 1. The highest BCUT2D eigenvalue weighted by molar-refractivity contribution is 6.29. The number of carbonyl (C=O) groups excluding carboxylic acids is 1. The van der Waals surface area contributed by atoms with E-state index in [0.29, 0.717) is 24.2 Å². The number of nitrogens with zero attached hydrogens (tertiary/aromatic N) is 2. The van der Waals surface area contributed by atoms with Crippen molar-refractivity contribution in [3.8, 4) is 0 Å². The average molecular weight is 284 g/mol. The van der Waals surface area contributed by atoms with Crippen molar-refractivity contribution in [1.82, 2.24) is 9.88 Å². The summed E-state index contributed by atoms with van der Waals surface area (Å²) in [5, 5.41) is 9.20. The zero-order valence-corrected chi connectivity index (χ0v) is 11.4. The molecule has 0 aliphatic heterocycles. The number of aromatic nitrogens is 1. The summed E-state index contributed by atoms with van der Waals surface area (Å²) in [5.74, 6) is -0.125. The number of rotatable bonds is 5. The highest BCUT2D eigenvalue weighted by Crippen LogP contribution is 2.28. The predicted molar refractivity (Wildman–Crippen MR) is 74.0 cm³/mol. The Morgan fingerprint density at radius 3 is 2.89 bits per heavy atom. The van der Waals surface area contributed by atoms with Gasteiger partial charge in [-0.3, -0.25) is 4.79 Å². The van der Waals surface area contributed by atoms with Gasteiger partial charge in [-0.25, -0.2) is 4.98 Å². The van der Waals surface area contributed by atoms with Crippen LogP contribution in [-0.2, 0) is 0 Å². The van der Waals surface area contributed by atoms with E-state index in [1.54, 1.807) is 4.90 Å². The maximum atomic E-state index is 12.5. The summed E-state index contributed by atoms with van der Waals surface area (Å²) in [5.41, 5.74) is 6.53. The molecule has 1 aliphatic carbocycles. The highest BCUT2D eigenvalue weighted by atomic mass is 35.5. The van der Waals surface area contributed by atoms with Crippen molar-refractivity contribution in [2.45, 2.75) is 31.7 Å². The van der Waals surface area contributed by atoms with Gasteiger partial charge in [0.05, 0.1) is 17.4 Å². The first-order valence-electron chi connectivity index (χ1n) is 6.46. The minimum atomic E-state index is -0.125. The van der Waals surface area contributed by atoms with Crippen molar-refractivity contribution in [1.29, 1.82) is 0 Å². The number of amides is 1. The Morgan fingerprint density at radius 1 is 1.58 bits per heavy atom. The number of aliphatic hydroxyl groups excluding tert-OH is 1. The van der Waals surface area contributed by atoms with E-state index in [1.807, 2.05) is 0 Å². The molecule has 0 saturated heterocycles. The van der Waals surface area contributed by atoms with Crippen LogP contribution in [0.1, 0.15) is 36.0 Å².